The Bertz CT molecular complexity index is 532. The standard InChI is InChI=1S/C8H8ClN5O2/c1-13-6(9)2-10-7(13)4-14-3-5(8(15)16)11-12-14/h2-3H,4H2,1H3,(H,15,16). The molecule has 2 heterocycles. The van der Waals surface area contributed by atoms with Crippen LogP contribution in [0.1, 0.15) is 16.3 Å². The van der Waals surface area contributed by atoms with Crippen LogP contribution < -0.4 is 0 Å². The molecule has 0 aromatic carbocycles. The monoisotopic (exact) mass is 241 g/mol. The van der Waals surface area contributed by atoms with Crippen LogP contribution in [-0.4, -0.2) is 35.6 Å². The third kappa shape index (κ3) is 1.89. The van der Waals surface area contributed by atoms with Crippen molar-refractivity contribution in [2.45, 2.75) is 6.54 Å². The molecule has 0 bridgehead atoms. The average molecular weight is 242 g/mol. The van der Waals surface area contributed by atoms with E-state index in [-0.39, 0.29) is 5.69 Å². The van der Waals surface area contributed by atoms with E-state index in [1.54, 1.807) is 11.6 Å². The van der Waals surface area contributed by atoms with Crippen molar-refractivity contribution in [1.29, 1.82) is 0 Å². The van der Waals surface area contributed by atoms with Gasteiger partial charge in [-0.15, -0.1) is 5.10 Å². The third-order valence-electron chi connectivity index (χ3n) is 2.09. The lowest BCUT2D eigenvalue weighted by Crippen LogP contribution is -2.06. The summed E-state index contributed by atoms with van der Waals surface area (Å²) in [5.41, 5.74) is -0.0969. The zero-order chi connectivity index (χ0) is 11.7. The second-order valence-electron chi connectivity index (χ2n) is 3.16. The molecule has 0 saturated carbocycles. The second kappa shape index (κ2) is 3.93. The zero-order valence-electron chi connectivity index (χ0n) is 8.33. The number of carboxylic acid groups (broad SMARTS) is 1. The fourth-order valence-electron chi connectivity index (χ4n) is 1.19. The molecule has 0 saturated heterocycles. The molecular formula is C8H8ClN5O2. The van der Waals surface area contributed by atoms with Crippen molar-refractivity contribution in [3.8, 4) is 0 Å². The Morgan fingerprint density at radius 3 is 2.88 bits per heavy atom. The predicted octanol–water partition coefficient (Wildman–Crippen LogP) is 0.411. The minimum atomic E-state index is -1.11. The summed E-state index contributed by atoms with van der Waals surface area (Å²) in [6.07, 6.45) is 2.86. The molecule has 0 fully saturated rings. The first-order chi connectivity index (χ1) is 7.58. The highest BCUT2D eigenvalue weighted by atomic mass is 35.5. The summed E-state index contributed by atoms with van der Waals surface area (Å²) in [4.78, 5) is 14.6. The van der Waals surface area contributed by atoms with E-state index in [2.05, 4.69) is 15.3 Å². The fourth-order valence-corrected chi connectivity index (χ4v) is 1.34. The number of halogens is 1. The summed E-state index contributed by atoms with van der Waals surface area (Å²) in [5, 5.41) is 16.3. The second-order valence-corrected chi connectivity index (χ2v) is 3.55. The Morgan fingerprint density at radius 1 is 1.62 bits per heavy atom. The summed E-state index contributed by atoms with van der Waals surface area (Å²) >= 11 is 5.81. The van der Waals surface area contributed by atoms with Gasteiger partial charge in [-0.3, -0.25) is 0 Å². The average Bonchev–Trinajstić information content (AvgIpc) is 2.81. The smallest absolute Gasteiger partial charge is 0.358 e. The molecule has 0 aliphatic carbocycles. The molecule has 0 spiro atoms. The minimum Gasteiger partial charge on any atom is -0.476 e. The molecule has 0 aliphatic rings. The van der Waals surface area contributed by atoms with Crippen molar-refractivity contribution in [2.75, 3.05) is 0 Å². The van der Waals surface area contributed by atoms with E-state index in [1.165, 1.54) is 17.1 Å². The molecule has 2 aromatic rings. The van der Waals surface area contributed by atoms with E-state index in [1.807, 2.05) is 0 Å². The number of carboxylic acids is 1. The highest BCUT2D eigenvalue weighted by Crippen LogP contribution is 2.09. The van der Waals surface area contributed by atoms with E-state index >= 15 is 0 Å². The lowest BCUT2D eigenvalue weighted by Gasteiger charge is -2.01. The van der Waals surface area contributed by atoms with E-state index in [0.29, 0.717) is 17.5 Å². The van der Waals surface area contributed by atoms with Crippen molar-refractivity contribution in [2.24, 2.45) is 7.05 Å². The number of imidazole rings is 1. The highest BCUT2D eigenvalue weighted by Gasteiger charge is 2.10. The van der Waals surface area contributed by atoms with Crippen LogP contribution in [0, 0.1) is 0 Å². The molecule has 7 nitrogen and oxygen atoms in total. The Labute approximate surface area is 95.3 Å². The number of hydrogen-bond acceptors (Lipinski definition) is 4. The van der Waals surface area contributed by atoms with Crippen molar-refractivity contribution in [3.05, 3.63) is 29.1 Å². The van der Waals surface area contributed by atoms with Gasteiger partial charge >= 0.3 is 5.97 Å². The van der Waals surface area contributed by atoms with Gasteiger partial charge in [0.1, 0.15) is 17.5 Å². The summed E-state index contributed by atoms with van der Waals surface area (Å²) in [6.45, 7) is 0.323. The van der Waals surface area contributed by atoms with Gasteiger partial charge in [0, 0.05) is 7.05 Å². The van der Waals surface area contributed by atoms with Gasteiger partial charge in [0.15, 0.2) is 5.69 Å². The first-order valence-electron chi connectivity index (χ1n) is 4.37. The molecule has 0 aliphatic heterocycles. The topological polar surface area (TPSA) is 85.8 Å². The van der Waals surface area contributed by atoms with Crippen LogP contribution >= 0.6 is 11.6 Å². The van der Waals surface area contributed by atoms with E-state index < -0.39 is 5.97 Å². The maximum absolute atomic E-state index is 10.6. The minimum absolute atomic E-state index is 0.0969. The fraction of sp³-hybridized carbons (Fsp3) is 0.250. The van der Waals surface area contributed by atoms with Crippen LogP contribution in [0.2, 0.25) is 5.15 Å². The molecule has 16 heavy (non-hydrogen) atoms. The number of rotatable bonds is 3. The normalized spacial score (nSPS) is 10.6. The molecule has 8 heteroatoms. The Hall–Kier alpha value is -1.89. The molecule has 1 N–H and O–H groups in total. The molecule has 0 amide bonds. The number of aromatic nitrogens is 5. The molecular weight excluding hydrogens is 234 g/mol. The van der Waals surface area contributed by atoms with Crippen LogP contribution in [0.4, 0.5) is 0 Å². The number of hydrogen-bond donors (Lipinski definition) is 1. The van der Waals surface area contributed by atoms with Gasteiger partial charge in [-0.2, -0.15) is 0 Å². The molecule has 0 atom stereocenters. The molecule has 0 radical (unpaired) electrons. The SMILES string of the molecule is Cn1c(Cl)cnc1Cn1cc(C(=O)O)nn1. The van der Waals surface area contributed by atoms with E-state index in [0.717, 1.165) is 0 Å². The van der Waals surface area contributed by atoms with Crippen molar-refractivity contribution >= 4 is 17.6 Å². The van der Waals surface area contributed by atoms with Crippen molar-refractivity contribution < 1.29 is 9.90 Å². The third-order valence-corrected chi connectivity index (χ3v) is 2.44. The van der Waals surface area contributed by atoms with Gasteiger partial charge in [0.05, 0.1) is 12.4 Å². The van der Waals surface area contributed by atoms with Crippen molar-refractivity contribution in [3.63, 3.8) is 0 Å². The molecule has 2 aromatic heterocycles. The maximum atomic E-state index is 10.6. The van der Waals surface area contributed by atoms with Crippen molar-refractivity contribution in [1.82, 2.24) is 24.5 Å². The summed E-state index contributed by atoms with van der Waals surface area (Å²) in [7, 11) is 1.76. The first kappa shape index (κ1) is 10.6. The number of aromatic carboxylic acids is 1. The zero-order valence-corrected chi connectivity index (χ0v) is 9.09. The van der Waals surface area contributed by atoms with Gasteiger partial charge in [0.2, 0.25) is 0 Å². The lowest BCUT2D eigenvalue weighted by molar-refractivity contribution is 0.0690. The Kier molecular flexibility index (Phi) is 2.61. The summed E-state index contributed by atoms with van der Waals surface area (Å²) < 4.78 is 3.08. The summed E-state index contributed by atoms with van der Waals surface area (Å²) in [5.74, 6) is -0.434. The molecule has 2 rings (SSSR count). The quantitative estimate of drug-likeness (QED) is 0.841. The molecule has 0 unspecified atom stereocenters. The van der Waals surface area contributed by atoms with Gasteiger partial charge < -0.3 is 9.67 Å². The van der Waals surface area contributed by atoms with Crippen LogP contribution in [0.15, 0.2) is 12.4 Å². The highest BCUT2D eigenvalue weighted by molar-refractivity contribution is 6.29. The predicted molar refractivity (Wildman–Crippen MR) is 54.3 cm³/mol. The number of carbonyl (C=O) groups is 1. The van der Waals surface area contributed by atoms with E-state index in [9.17, 15) is 4.79 Å². The van der Waals surface area contributed by atoms with Crippen LogP contribution in [0.3, 0.4) is 0 Å². The lowest BCUT2D eigenvalue weighted by atomic mass is 10.5. The Morgan fingerprint density at radius 2 is 2.38 bits per heavy atom. The van der Waals surface area contributed by atoms with Crippen LogP contribution in [0.25, 0.3) is 0 Å². The largest absolute Gasteiger partial charge is 0.476 e. The Balaban J connectivity index is 2.21. The molecule has 84 valence electrons. The van der Waals surface area contributed by atoms with Gasteiger partial charge in [-0.25, -0.2) is 14.5 Å². The summed E-state index contributed by atoms with van der Waals surface area (Å²) in [6, 6.07) is 0. The number of nitrogens with zero attached hydrogens (tertiary/aromatic N) is 5. The maximum Gasteiger partial charge on any atom is 0.358 e. The van der Waals surface area contributed by atoms with Gasteiger partial charge in [-0.1, -0.05) is 16.8 Å². The van der Waals surface area contributed by atoms with Gasteiger partial charge in [0.25, 0.3) is 0 Å². The van der Waals surface area contributed by atoms with Crippen LogP contribution in [0.5, 0.6) is 0 Å². The van der Waals surface area contributed by atoms with Gasteiger partial charge in [-0.05, 0) is 0 Å². The van der Waals surface area contributed by atoms with Crippen LogP contribution in [-0.2, 0) is 13.6 Å². The van der Waals surface area contributed by atoms with E-state index in [4.69, 9.17) is 16.7 Å². The first-order valence-corrected chi connectivity index (χ1v) is 4.75.